The lowest BCUT2D eigenvalue weighted by atomic mass is 10.1. The van der Waals surface area contributed by atoms with Crippen LogP contribution in [-0.4, -0.2) is 57.8 Å². The first-order valence-electron chi connectivity index (χ1n) is 7.99. The van der Waals surface area contributed by atoms with E-state index in [4.69, 9.17) is 20.4 Å². The molecule has 8 heteroatoms. The number of aliphatic hydroxyl groups excluding tert-OH is 2. The molecule has 8 nitrogen and oxygen atoms in total. The van der Waals surface area contributed by atoms with E-state index in [1.165, 1.54) is 24.3 Å². The largest absolute Gasteiger partial charge is 0.504 e. The topological polar surface area (TPSA) is 145 Å². The summed E-state index contributed by atoms with van der Waals surface area (Å²) in [6, 6.07) is 8.52. The molecule has 8 N–H and O–H groups in total. The van der Waals surface area contributed by atoms with Crippen molar-refractivity contribution in [2.45, 2.75) is 12.2 Å². The van der Waals surface area contributed by atoms with Crippen molar-refractivity contribution < 1.29 is 30.6 Å². The van der Waals surface area contributed by atoms with Crippen LogP contribution in [-0.2, 0) is 0 Å². The van der Waals surface area contributed by atoms with Gasteiger partial charge in [-0.05, 0) is 49.5 Å². The minimum Gasteiger partial charge on any atom is -0.504 e. The molecule has 0 fully saturated rings. The fourth-order valence-electron chi connectivity index (χ4n) is 2.12. The number of aliphatic hydroxyl groups is 2. The van der Waals surface area contributed by atoms with E-state index in [2.05, 4.69) is 10.6 Å². The Bertz CT molecular complexity index is 636. The van der Waals surface area contributed by atoms with Crippen molar-refractivity contribution in [3.05, 3.63) is 47.5 Å². The molecule has 0 saturated carbocycles. The lowest BCUT2D eigenvalue weighted by molar-refractivity contribution is 0.177. The lowest BCUT2D eigenvalue weighted by Gasteiger charge is -2.10. The summed E-state index contributed by atoms with van der Waals surface area (Å²) in [7, 11) is 3.45. The fraction of sp³-hybridized carbons (Fsp3) is 0.333. The first-order valence-corrected chi connectivity index (χ1v) is 7.99. The molecule has 0 amide bonds. The van der Waals surface area contributed by atoms with E-state index in [0.717, 1.165) is 0 Å². The molecule has 0 aromatic heterocycles. The number of hydrogen-bond acceptors (Lipinski definition) is 8. The molecule has 0 aliphatic rings. The molecular weight excluding hydrogens is 340 g/mol. The minimum absolute atomic E-state index is 0.180. The van der Waals surface area contributed by atoms with Gasteiger partial charge in [0, 0.05) is 13.1 Å². The molecule has 0 bridgehead atoms. The van der Waals surface area contributed by atoms with Gasteiger partial charge in [-0.15, -0.1) is 0 Å². The second-order valence-corrected chi connectivity index (χ2v) is 5.64. The number of likely N-dealkylation sites (N-methyl/N-ethyl adjacent to an activating group) is 2. The number of hydrogen-bond donors (Lipinski definition) is 8. The number of rotatable bonds is 6. The minimum atomic E-state index is -0.670. The van der Waals surface area contributed by atoms with E-state index in [1.807, 2.05) is 0 Å². The third kappa shape index (κ3) is 6.41. The van der Waals surface area contributed by atoms with Crippen LogP contribution in [0.15, 0.2) is 36.4 Å². The molecule has 0 saturated heterocycles. The maximum Gasteiger partial charge on any atom is 0.157 e. The third-order valence-electron chi connectivity index (χ3n) is 3.56. The number of phenolic OH excluding ortho intramolecular Hbond substituents is 4. The molecular formula is C18H26N2O6. The first kappa shape index (κ1) is 21.5. The summed E-state index contributed by atoms with van der Waals surface area (Å²) in [5, 5.41) is 60.9. The van der Waals surface area contributed by atoms with Crippen LogP contribution in [0.3, 0.4) is 0 Å². The van der Waals surface area contributed by atoms with Gasteiger partial charge < -0.3 is 41.3 Å². The van der Waals surface area contributed by atoms with Gasteiger partial charge in [-0.3, -0.25) is 0 Å². The van der Waals surface area contributed by atoms with E-state index in [1.54, 1.807) is 26.2 Å². The highest BCUT2D eigenvalue weighted by molar-refractivity contribution is 5.42. The summed E-state index contributed by atoms with van der Waals surface area (Å²) in [6.45, 7) is 0.814. The van der Waals surface area contributed by atoms with Crippen LogP contribution < -0.4 is 10.6 Å². The Morgan fingerprint density at radius 1 is 0.654 bits per heavy atom. The van der Waals surface area contributed by atoms with Crippen LogP contribution in [0, 0.1) is 0 Å². The van der Waals surface area contributed by atoms with Crippen molar-refractivity contribution in [3.8, 4) is 23.0 Å². The zero-order valence-electron chi connectivity index (χ0n) is 14.7. The van der Waals surface area contributed by atoms with Crippen molar-refractivity contribution in [2.24, 2.45) is 0 Å². The van der Waals surface area contributed by atoms with Gasteiger partial charge in [0.05, 0.1) is 12.2 Å². The van der Waals surface area contributed by atoms with E-state index in [-0.39, 0.29) is 23.0 Å². The molecule has 144 valence electrons. The van der Waals surface area contributed by atoms with Crippen LogP contribution in [0.1, 0.15) is 23.3 Å². The molecule has 26 heavy (non-hydrogen) atoms. The van der Waals surface area contributed by atoms with E-state index < -0.39 is 12.2 Å². The molecule has 0 aliphatic carbocycles. The van der Waals surface area contributed by atoms with Crippen LogP contribution in [0.5, 0.6) is 23.0 Å². The Balaban J connectivity index is 0.000000260. The summed E-state index contributed by atoms with van der Waals surface area (Å²) in [5.74, 6) is -0.791. The number of phenols is 4. The summed E-state index contributed by atoms with van der Waals surface area (Å²) >= 11 is 0. The van der Waals surface area contributed by atoms with Gasteiger partial charge in [0.25, 0.3) is 0 Å². The Labute approximate surface area is 152 Å². The standard InChI is InChI=1S/2C9H13NO3/c2*1-10-5-9(13)6-2-3-7(11)8(12)4-6/h2*2-4,9-13H,5H2,1H3/t9-;/m0./s1. The highest BCUT2D eigenvalue weighted by atomic mass is 16.3. The molecule has 0 radical (unpaired) electrons. The average molecular weight is 366 g/mol. The lowest BCUT2D eigenvalue weighted by Crippen LogP contribution is -2.16. The zero-order valence-corrected chi connectivity index (χ0v) is 14.7. The SMILES string of the molecule is CNCC(O)c1ccc(O)c(O)c1.CNC[C@H](O)c1ccc(O)c(O)c1. The second-order valence-electron chi connectivity index (χ2n) is 5.64. The molecule has 2 atom stereocenters. The number of aromatic hydroxyl groups is 4. The van der Waals surface area contributed by atoms with Gasteiger partial charge in [0.15, 0.2) is 23.0 Å². The molecule has 1 unspecified atom stereocenters. The van der Waals surface area contributed by atoms with Crippen molar-refractivity contribution in [3.63, 3.8) is 0 Å². The predicted molar refractivity (Wildman–Crippen MR) is 97.3 cm³/mol. The van der Waals surface area contributed by atoms with E-state index >= 15 is 0 Å². The van der Waals surface area contributed by atoms with Gasteiger partial charge in [-0.25, -0.2) is 0 Å². The highest BCUT2D eigenvalue weighted by Gasteiger charge is 2.09. The van der Waals surface area contributed by atoms with Crippen molar-refractivity contribution >= 4 is 0 Å². The monoisotopic (exact) mass is 366 g/mol. The molecule has 0 heterocycles. The zero-order chi connectivity index (χ0) is 19.7. The smallest absolute Gasteiger partial charge is 0.157 e. The molecule has 2 aromatic rings. The molecule has 0 aliphatic heterocycles. The van der Waals surface area contributed by atoms with Crippen LogP contribution in [0.2, 0.25) is 0 Å². The highest BCUT2D eigenvalue weighted by Crippen LogP contribution is 2.28. The number of nitrogens with one attached hydrogen (secondary N) is 2. The van der Waals surface area contributed by atoms with Crippen molar-refractivity contribution in [1.29, 1.82) is 0 Å². The summed E-state index contributed by atoms with van der Waals surface area (Å²) in [4.78, 5) is 0. The Morgan fingerprint density at radius 2 is 1.00 bits per heavy atom. The predicted octanol–water partition coefficient (Wildman–Crippen LogP) is 0.701. The van der Waals surface area contributed by atoms with Crippen LogP contribution in [0.25, 0.3) is 0 Å². The van der Waals surface area contributed by atoms with Crippen molar-refractivity contribution in [2.75, 3.05) is 27.2 Å². The molecule has 2 rings (SSSR count). The fourth-order valence-corrected chi connectivity index (χ4v) is 2.12. The van der Waals surface area contributed by atoms with Gasteiger partial charge in [-0.1, -0.05) is 12.1 Å². The third-order valence-corrected chi connectivity index (χ3v) is 3.56. The Morgan fingerprint density at radius 3 is 1.27 bits per heavy atom. The first-order chi connectivity index (χ1) is 12.3. The van der Waals surface area contributed by atoms with E-state index in [0.29, 0.717) is 24.2 Å². The summed E-state index contributed by atoms with van der Waals surface area (Å²) < 4.78 is 0. The van der Waals surface area contributed by atoms with Gasteiger partial charge in [0.1, 0.15) is 0 Å². The van der Waals surface area contributed by atoms with E-state index in [9.17, 15) is 10.2 Å². The quantitative estimate of drug-likeness (QED) is 0.349. The molecule has 0 spiro atoms. The van der Waals surface area contributed by atoms with Gasteiger partial charge >= 0.3 is 0 Å². The van der Waals surface area contributed by atoms with Crippen LogP contribution in [0.4, 0.5) is 0 Å². The Kier molecular flexibility index (Phi) is 8.66. The van der Waals surface area contributed by atoms with Gasteiger partial charge in [-0.2, -0.15) is 0 Å². The Hall–Kier alpha value is -2.52. The maximum absolute atomic E-state index is 9.48. The summed E-state index contributed by atoms with van der Waals surface area (Å²) in [5.41, 5.74) is 1.15. The van der Waals surface area contributed by atoms with Gasteiger partial charge in [0.2, 0.25) is 0 Å². The summed E-state index contributed by atoms with van der Waals surface area (Å²) in [6.07, 6.45) is -1.34. The normalized spacial score (nSPS) is 12.8. The second kappa shape index (κ2) is 10.5. The maximum atomic E-state index is 9.48. The van der Waals surface area contributed by atoms with Crippen LogP contribution >= 0.6 is 0 Å². The van der Waals surface area contributed by atoms with Crippen molar-refractivity contribution in [1.82, 2.24) is 10.6 Å². The number of benzene rings is 2. The molecule has 2 aromatic carbocycles. The average Bonchev–Trinajstić information content (AvgIpc) is 2.60.